The number of fused-ring (bicyclic) bond motifs is 1. The molecule has 0 atom stereocenters. The van der Waals surface area contributed by atoms with Crippen molar-refractivity contribution >= 4 is 17.5 Å². The molecule has 0 saturated carbocycles. The van der Waals surface area contributed by atoms with Crippen LogP contribution in [-0.4, -0.2) is 36.4 Å². The fourth-order valence-electron chi connectivity index (χ4n) is 4.45. The number of pyridine rings is 1. The number of nitrogens with zero attached hydrogens (tertiary/aromatic N) is 2. The molecule has 0 bridgehead atoms. The summed E-state index contributed by atoms with van der Waals surface area (Å²) in [4.78, 5) is 32.4. The lowest BCUT2D eigenvalue weighted by Crippen LogP contribution is -2.34. The van der Waals surface area contributed by atoms with Crippen LogP contribution >= 0.6 is 0 Å². The molecule has 35 heavy (non-hydrogen) atoms. The molecular weight excluding hydrogens is 436 g/mol. The van der Waals surface area contributed by atoms with Crippen LogP contribution in [-0.2, 0) is 13.0 Å². The molecule has 2 N–H and O–H groups in total. The van der Waals surface area contributed by atoms with E-state index in [2.05, 4.69) is 27.8 Å². The molecule has 4 rings (SSSR count). The summed E-state index contributed by atoms with van der Waals surface area (Å²) in [6.45, 7) is 2.74. The van der Waals surface area contributed by atoms with Gasteiger partial charge in [-0.1, -0.05) is 49.6 Å². The average Bonchev–Trinajstić information content (AvgIpc) is 2.90. The number of benzene rings is 2. The molecule has 2 amide bonds. The van der Waals surface area contributed by atoms with Crippen molar-refractivity contribution in [1.29, 1.82) is 0 Å². The molecule has 3 aromatic rings. The molecular formula is C29H34N4O2. The van der Waals surface area contributed by atoms with Crippen LogP contribution in [0.2, 0.25) is 0 Å². The number of nitrogens with one attached hydrogen (secondary N) is 2. The van der Waals surface area contributed by atoms with Gasteiger partial charge in [-0.05, 0) is 67.3 Å². The lowest BCUT2D eigenvalue weighted by atomic mass is 10.0. The molecule has 0 fully saturated rings. The lowest BCUT2D eigenvalue weighted by Gasteiger charge is -2.26. The molecule has 2 aromatic carbocycles. The zero-order chi connectivity index (χ0) is 24.3. The van der Waals surface area contributed by atoms with Gasteiger partial charge in [0.15, 0.2) is 0 Å². The quantitative estimate of drug-likeness (QED) is 0.564. The second-order valence-corrected chi connectivity index (χ2v) is 8.98. The fourth-order valence-corrected chi connectivity index (χ4v) is 4.45. The molecule has 1 aliphatic rings. The van der Waals surface area contributed by atoms with Crippen LogP contribution in [0.15, 0.2) is 73.1 Å². The van der Waals surface area contributed by atoms with Gasteiger partial charge in [0.2, 0.25) is 0 Å². The van der Waals surface area contributed by atoms with Crippen LogP contribution in [0.4, 0.5) is 5.69 Å². The van der Waals surface area contributed by atoms with Crippen molar-refractivity contribution in [2.45, 2.75) is 45.1 Å². The van der Waals surface area contributed by atoms with Crippen LogP contribution in [0.5, 0.6) is 0 Å². The van der Waals surface area contributed by atoms with E-state index in [0.717, 1.165) is 43.5 Å². The number of anilines is 1. The Morgan fingerprint density at radius 2 is 1.74 bits per heavy atom. The maximum absolute atomic E-state index is 13.5. The predicted octanol–water partition coefficient (Wildman–Crippen LogP) is 4.75. The monoisotopic (exact) mass is 470 g/mol. The third-order valence-corrected chi connectivity index (χ3v) is 6.38. The minimum absolute atomic E-state index is 0.0588. The molecule has 0 unspecified atom stereocenters. The summed E-state index contributed by atoms with van der Waals surface area (Å²) in [6.07, 6.45) is 9.60. The summed E-state index contributed by atoms with van der Waals surface area (Å²) in [5.41, 5.74) is 4.19. The lowest BCUT2D eigenvalue weighted by molar-refractivity contribution is 0.0953. The number of rotatable bonds is 5. The Bertz CT molecular complexity index is 1100. The summed E-state index contributed by atoms with van der Waals surface area (Å²) in [6, 6.07) is 19.4. The molecule has 0 aliphatic carbocycles. The Kier molecular flexibility index (Phi) is 9.01. The van der Waals surface area contributed by atoms with Gasteiger partial charge in [-0.2, -0.15) is 0 Å². The van der Waals surface area contributed by atoms with Gasteiger partial charge in [-0.25, -0.2) is 0 Å². The van der Waals surface area contributed by atoms with E-state index in [1.165, 1.54) is 18.4 Å². The van der Waals surface area contributed by atoms with E-state index < -0.39 is 0 Å². The second kappa shape index (κ2) is 12.8. The van der Waals surface area contributed by atoms with E-state index in [4.69, 9.17) is 0 Å². The third kappa shape index (κ3) is 6.99. The van der Waals surface area contributed by atoms with Crippen LogP contribution < -0.4 is 15.5 Å². The summed E-state index contributed by atoms with van der Waals surface area (Å²) in [5, 5.41) is 6.54. The van der Waals surface area contributed by atoms with Crippen molar-refractivity contribution in [3.8, 4) is 0 Å². The third-order valence-electron chi connectivity index (χ3n) is 6.38. The maximum atomic E-state index is 13.5. The number of carbonyl (C=O) groups excluding carboxylic acids is 2. The van der Waals surface area contributed by atoms with E-state index in [-0.39, 0.29) is 11.8 Å². The fraction of sp³-hybridized carbons (Fsp3) is 0.345. The number of hydrogen-bond donors (Lipinski definition) is 2. The van der Waals surface area contributed by atoms with Gasteiger partial charge in [-0.3, -0.25) is 14.6 Å². The topological polar surface area (TPSA) is 74.3 Å². The summed E-state index contributed by atoms with van der Waals surface area (Å²) < 4.78 is 0. The first-order chi connectivity index (χ1) is 17.2. The maximum Gasteiger partial charge on any atom is 0.259 e. The zero-order valence-corrected chi connectivity index (χ0v) is 20.2. The average molecular weight is 471 g/mol. The molecule has 1 aromatic heterocycles. The standard InChI is InChI=1S/C29H34N4O2/c34-28(32-18-15-23-10-5-4-6-11-23)24-13-14-27-26(20-24)22-30-16-7-2-1-3-8-19-33(27)29(35)25-12-9-17-31-21-25/h4-6,9-14,17,20-21,30H,1-3,7-8,15-16,18-19,22H2,(H,32,34). The SMILES string of the molecule is O=C(NCCc1ccccc1)c1ccc2c(c1)CNCCCCCCCN2C(=O)c1cccnc1. The Balaban J connectivity index is 1.55. The van der Waals surface area contributed by atoms with Crippen molar-refractivity contribution in [2.24, 2.45) is 0 Å². The van der Waals surface area contributed by atoms with E-state index >= 15 is 0 Å². The van der Waals surface area contributed by atoms with Gasteiger partial charge >= 0.3 is 0 Å². The molecule has 0 spiro atoms. The Hall–Kier alpha value is -3.51. The highest BCUT2D eigenvalue weighted by Gasteiger charge is 2.22. The Morgan fingerprint density at radius 3 is 2.57 bits per heavy atom. The Morgan fingerprint density at radius 1 is 0.914 bits per heavy atom. The Labute approximate surface area is 207 Å². The van der Waals surface area contributed by atoms with Crippen LogP contribution in [0.3, 0.4) is 0 Å². The molecule has 2 heterocycles. The van der Waals surface area contributed by atoms with E-state index in [0.29, 0.717) is 30.8 Å². The highest BCUT2D eigenvalue weighted by molar-refractivity contribution is 6.06. The highest BCUT2D eigenvalue weighted by Crippen LogP contribution is 2.25. The van der Waals surface area contributed by atoms with Crippen molar-refractivity contribution in [1.82, 2.24) is 15.6 Å². The van der Waals surface area contributed by atoms with Gasteiger partial charge < -0.3 is 15.5 Å². The van der Waals surface area contributed by atoms with Gasteiger partial charge in [0.25, 0.3) is 11.8 Å². The number of carbonyl (C=O) groups is 2. The molecule has 182 valence electrons. The molecule has 6 nitrogen and oxygen atoms in total. The van der Waals surface area contributed by atoms with Crippen molar-refractivity contribution in [2.75, 3.05) is 24.5 Å². The highest BCUT2D eigenvalue weighted by atomic mass is 16.2. The number of hydrogen-bond acceptors (Lipinski definition) is 4. The van der Waals surface area contributed by atoms with Crippen molar-refractivity contribution in [3.05, 3.63) is 95.3 Å². The predicted molar refractivity (Wildman–Crippen MR) is 140 cm³/mol. The van der Waals surface area contributed by atoms with Crippen LogP contribution in [0, 0.1) is 0 Å². The normalized spacial score (nSPS) is 14.8. The summed E-state index contributed by atoms with van der Waals surface area (Å²) in [5.74, 6) is -0.156. The second-order valence-electron chi connectivity index (χ2n) is 8.98. The number of aromatic nitrogens is 1. The zero-order valence-electron chi connectivity index (χ0n) is 20.2. The summed E-state index contributed by atoms with van der Waals surface area (Å²) in [7, 11) is 0. The van der Waals surface area contributed by atoms with Gasteiger partial charge in [-0.15, -0.1) is 0 Å². The minimum Gasteiger partial charge on any atom is -0.352 e. The van der Waals surface area contributed by atoms with Gasteiger partial charge in [0.1, 0.15) is 0 Å². The molecule has 0 saturated heterocycles. The van der Waals surface area contributed by atoms with E-state index in [9.17, 15) is 9.59 Å². The molecule has 6 heteroatoms. The van der Waals surface area contributed by atoms with E-state index in [1.807, 2.05) is 41.3 Å². The number of amides is 2. The first-order valence-corrected chi connectivity index (χ1v) is 12.6. The summed E-state index contributed by atoms with van der Waals surface area (Å²) >= 11 is 0. The van der Waals surface area contributed by atoms with Crippen LogP contribution in [0.25, 0.3) is 0 Å². The molecule has 1 aliphatic heterocycles. The van der Waals surface area contributed by atoms with Crippen molar-refractivity contribution in [3.63, 3.8) is 0 Å². The van der Waals surface area contributed by atoms with E-state index in [1.54, 1.807) is 24.5 Å². The molecule has 0 radical (unpaired) electrons. The van der Waals surface area contributed by atoms with Crippen molar-refractivity contribution < 1.29 is 9.59 Å². The van der Waals surface area contributed by atoms with Gasteiger partial charge in [0.05, 0.1) is 5.56 Å². The smallest absolute Gasteiger partial charge is 0.259 e. The largest absolute Gasteiger partial charge is 0.352 e. The minimum atomic E-state index is -0.0972. The first-order valence-electron chi connectivity index (χ1n) is 12.6. The van der Waals surface area contributed by atoms with Gasteiger partial charge in [0, 0.05) is 43.3 Å². The van der Waals surface area contributed by atoms with Crippen LogP contribution in [0.1, 0.15) is 63.9 Å². The first kappa shape index (κ1) is 24.6.